The molecule has 1 saturated heterocycles. The Morgan fingerprint density at radius 2 is 2.25 bits per heavy atom. The van der Waals surface area contributed by atoms with Crippen molar-refractivity contribution in [2.45, 2.75) is 13.0 Å². The molecule has 104 valence electrons. The summed E-state index contributed by atoms with van der Waals surface area (Å²) in [5.74, 6) is -0.796. The predicted octanol–water partition coefficient (Wildman–Crippen LogP) is 1.41. The number of rotatable bonds is 2. The molecule has 1 aliphatic rings. The number of fused-ring (bicyclic) bond motifs is 1. The zero-order valence-corrected chi connectivity index (χ0v) is 11.3. The molecule has 5 nitrogen and oxygen atoms in total. The van der Waals surface area contributed by atoms with Crippen LogP contribution in [0.15, 0.2) is 30.3 Å². The van der Waals surface area contributed by atoms with E-state index >= 15 is 0 Å². The summed E-state index contributed by atoms with van der Waals surface area (Å²) in [7, 11) is 0. The van der Waals surface area contributed by atoms with Crippen molar-refractivity contribution >= 4 is 22.6 Å². The number of anilines is 1. The summed E-state index contributed by atoms with van der Waals surface area (Å²) in [5, 5.41) is 13.6. The SMILES string of the molecule is Cc1cc(N2CCNCC2C(=O)O)c2ccccc2n1. The number of hydrogen-bond acceptors (Lipinski definition) is 4. The summed E-state index contributed by atoms with van der Waals surface area (Å²) in [6.45, 7) is 3.88. The summed E-state index contributed by atoms with van der Waals surface area (Å²) < 4.78 is 0. The third kappa shape index (κ3) is 2.20. The van der Waals surface area contributed by atoms with Gasteiger partial charge in [0.15, 0.2) is 0 Å². The molecule has 5 heteroatoms. The van der Waals surface area contributed by atoms with Crippen LogP contribution in [0.2, 0.25) is 0 Å². The average molecular weight is 271 g/mol. The summed E-state index contributed by atoms with van der Waals surface area (Å²) in [4.78, 5) is 17.9. The Balaban J connectivity index is 2.14. The summed E-state index contributed by atoms with van der Waals surface area (Å²) in [6, 6.07) is 9.31. The Labute approximate surface area is 117 Å². The molecule has 1 aliphatic heterocycles. The Kier molecular flexibility index (Phi) is 3.28. The van der Waals surface area contributed by atoms with Crippen molar-refractivity contribution in [2.75, 3.05) is 24.5 Å². The fourth-order valence-corrected chi connectivity index (χ4v) is 2.74. The lowest BCUT2D eigenvalue weighted by Gasteiger charge is -2.36. The third-order valence-electron chi connectivity index (χ3n) is 3.66. The van der Waals surface area contributed by atoms with Gasteiger partial charge in [0.25, 0.3) is 0 Å². The van der Waals surface area contributed by atoms with Gasteiger partial charge < -0.3 is 15.3 Å². The van der Waals surface area contributed by atoms with E-state index in [2.05, 4.69) is 10.3 Å². The standard InChI is InChI=1S/C15H17N3O2/c1-10-8-13(11-4-2-3-5-12(11)17-10)18-7-6-16-9-14(18)15(19)20/h2-5,8,14,16H,6-7,9H2,1H3,(H,19,20). The van der Waals surface area contributed by atoms with Crippen molar-refractivity contribution in [3.05, 3.63) is 36.0 Å². The van der Waals surface area contributed by atoms with Gasteiger partial charge in [0.1, 0.15) is 6.04 Å². The molecule has 3 rings (SSSR count). The minimum Gasteiger partial charge on any atom is -0.480 e. The molecule has 1 atom stereocenters. The number of nitrogens with zero attached hydrogens (tertiary/aromatic N) is 2. The smallest absolute Gasteiger partial charge is 0.327 e. The first kappa shape index (κ1) is 12.9. The third-order valence-corrected chi connectivity index (χ3v) is 3.66. The maximum Gasteiger partial charge on any atom is 0.327 e. The van der Waals surface area contributed by atoms with E-state index in [0.29, 0.717) is 13.1 Å². The summed E-state index contributed by atoms with van der Waals surface area (Å²) in [5.41, 5.74) is 2.77. The van der Waals surface area contributed by atoms with Crippen molar-refractivity contribution in [3.63, 3.8) is 0 Å². The summed E-state index contributed by atoms with van der Waals surface area (Å²) in [6.07, 6.45) is 0. The molecule has 1 aromatic heterocycles. The number of carboxylic acid groups (broad SMARTS) is 1. The lowest BCUT2D eigenvalue weighted by molar-refractivity contribution is -0.138. The van der Waals surface area contributed by atoms with E-state index < -0.39 is 12.0 Å². The number of carboxylic acids is 1. The van der Waals surface area contributed by atoms with Gasteiger partial charge in [-0.25, -0.2) is 4.79 Å². The molecule has 2 heterocycles. The van der Waals surface area contributed by atoms with Crippen LogP contribution in [0.3, 0.4) is 0 Å². The van der Waals surface area contributed by atoms with Gasteiger partial charge in [-0.3, -0.25) is 4.98 Å². The molecule has 1 fully saturated rings. The lowest BCUT2D eigenvalue weighted by atomic mass is 10.1. The Bertz CT molecular complexity index is 657. The number of pyridine rings is 1. The quantitative estimate of drug-likeness (QED) is 0.864. The van der Waals surface area contributed by atoms with Gasteiger partial charge in [0.2, 0.25) is 0 Å². The molecule has 0 aliphatic carbocycles. The van der Waals surface area contributed by atoms with Crippen LogP contribution in [0.1, 0.15) is 5.69 Å². The first-order chi connectivity index (χ1) is 9.66. The van der Waals surface area contributed by atoms with Gasteiger partial charge in [-0.1, -0.05) is 18.2 Å². The van der Waals surface area contributed by atoms with Crippen LogP contribution in [0.4, 0.5) is 5.69 Å². The molecule has 20 heavy (non-hydrogen) atoms. The Hall–Kier alpha value is -2.14. The van der Waals surface area contributed by atoms with Crippen LogP contribution >= 0.6 is 0 Å². The van der Waals surface area contributed by atoms with Crippen LogP contribution < -0.4 is 10.2 Å². The molecule has 0 amide bonds. The molecular formula is C15H17N3O2. The molecule has 1 unspecified atom stereocenters. The van der Waals surface area contributed by atoms with Gasteiger partial charge in [-0.15, -0.1) is 0 Å². The van der Waals surface area contributed by atoms with Gasteiger partial charge in [0.05, 0.1) is 5.52 Å². The van der Waals surface area contributed by atoms with Gasteiger partial charge in [-0.2, -0.15) is 0 Å². The maximum atomic E-state index is 11.5. The second kappa shape index (κ2) is 5.09. The average Bonchev–Trinajstić information content (AvgIpc) is 2.46. The Morgan fingerprint density at radius 3 is 3.05 bits per heavy atom. The van der Waals surface area contributed by atoms with Crippen molar-refractivity contribution in [2.24, 2.45) is 0 Å². The number of nitrogens with one attached hydrogen (secondary N) is 1. The van der Waals surface area contributed by atoms with Crippen molar-refractivity contribution in [1.29, 1.82) is 0 Å². The Morgan fingerprint density at radius 1 is 1.45 bits per heavy atom. The highest BCUT2D eigenvalue weighted by Crippen LogP contribution is 2.28. The molecule has 0 saturated carbocycles. The van der Waals surface area contributed by atoms with Gasteiger partial charge in [0, 0.05) is 36.4 Å². The van der Waals surface area contributed by atoms with Crippen LogP contribution in [-0.4, -0.2) is 41.7 Å². The van der Waals surface area contributed by atoms with E-state index in [1.54, 1.807) is 0 Å². The predicted molar refractivity (Wildman–Crippen MR) is 78.1 cm³/mol. The zero-order chi connectivity index (χ0) is 14.1. The van der Waals surface area contributed by atoms with E-state index in [1.807, 2.05) is 42.2 Å². The zero-order valence-electron chi connectivity index (χ0n) is 11.3. The summed E-state index contributed by atoms with van der Waals surface area (Å²) >= 11 is 0. The van der Waals surface area contributed by atoms with Crippen LogP contribution in [0, 0.1) is 6.92 Å². The molecule has 2 N–H and O–H groups in total. The van der Waals surface area contributed by atoms with E-state index in [-0.39, 0.29) is 0 Å². The number of para-hydroxylation sites is 1. The number of aliphatic carboxylic acids is 1. The molecule has 1 aromatic carbocycles. The van der Waals surface area contributed by atoms with Crippen LogP contribution in [0.5, 0.6) is 0 Å². The second-order valence-electron chi connectivity index (χ2n) is 5.05. The molecule has 0 bridgehead atoms. The van der Waals surface area contributed by atoms with Crippen LogP contribution in [0.25, 0.3) is 10.9 Å². The highest BCUT2D eigenvalue weighted by Gasteiger charge is 2.29. The minimum atomic E-state index is -0.796. The molecule has 0 spiro atoms. The van der Waals surface area contributed by atoms with E-state index in [0.717, 1.165) is 28.8 Å². The fraction of sp³-hybridized carbons (Fsp3) is 0.333. The highest BCUT2D eigenvalue weighted by atomic mass is 16.4. The number of hydrogen-bond donors (Lipinski definition) is 2. The second-order valence-corrected chi connectivity index (χ2v) is 5.05. The van der Waals surface area contributed by atoms with Crippen molar-refractivity contribution < 1.29 is 9.90 Å². The molecule has 0 radical (unpaired) electrons. The molecular weight excluding hydrogens is 254 g/mol. The maximum absolute atomic E-state index is 11.5. The number of aryl methyl sites for hydroxylation is 1. The first-order valence-electron chi connectivity index (χ1n) is 6.73. The monoisotopic (exact) mass is 271 g/mol. The van der Waals surface area contributed by atoms with Gasteiger partial charge >= 0.3 is 5.97 Å². The largest absolute Gasteiger partial charge is 0.480 e. The first-order valence-corrected chi connectivity index (χ1v) is 6.73. The number of piperazine rings is 1. The lowest BCUT2D eigenvalue weighted by Crippen LogP contribution is -2.55. The topological polar surface area (TPSA) is 65.5 Å². The fourth-order valence-electron chi connectivity index (χ4n) is 2.74. The van der Waals surface area contributed by atoms with E-state index in [9.17, 15) is 9.90 Å². The van der Waals surface area contributed by atoms with E-state index in [4.69, 9.17) is 0 Å². The van der Waals surface area contributed by atoms with Crippen molar-refractivity contribution in [3.8, 4) is 0 Å². The minimum absolute atomic E-state index is 0.463. The highest BCUT2D eigenvalue weighted by molar-refractivity contribution is 5.94. The van der Waals surface area contributed by atoms with Crippen LogP contribution in [-0.2, 0) is 4.79 Å². The number of aromatic nitrogens is 1. The molecule has 2 aromatic rings. The number of benzene rings is 1. The normalized spacial score (nSPS) is 19.2. The number of carbonyl (C=O) groups is 1. The van der Waals surface area contributed by atoms with Gasteiger partial charge in [-0.05, 0) is 19.1 Å². The van der Waals surface area contributed by atoms with E-state index in [1.165, 1.54) is 0 Å². The van der Waals surface area contributed by atoms with Crippen molar-refractivity contribution in [1.82, 2.24) is 10.3 Å².